The van der Waals surface area contributed by atoms with Crippen molar-refractivity contribution in [2.24, 2.45) is 0 Å². The van der Waals surface area contributed by atoms with Gasteiger partial charge in [0.1, 0.15) is 6.10 Å². The van der Waals surface area contributed by atoms with E-state index in [0.717, 1.165) is 23.5 Å². The maximum Gasteiger partial charge on any atom is 0.254 e. The van der Waals surface area contributed by atoms with E-state index in [9.17, 15) is 14.4 Å². The third kappa shape index (κ3) is 3.96. The Hall–Kier alpha value is -2.06. The molecule has 4 rings (SSSR count). The minimum atomic E-state index is -0.307. The van der Waals surface area contributed by atoms with E-state index in [-0.39, 0.29) is 23.8 Å². The van der Waals surface area contributed by atoms with Gasteiger partial charge in [-0.15, -0.1) is 11.8 Å². The summed E-state index contributed by atoms with van der Waals surface area (Å²) in [7, 11) is 0. The Morgan fingerprint density at radius 2 is 1.93 bits per heavy atom. The molecular weight excluding hydrogens is 366 g/mol. The first-order valence-electron chi connectivity index (χ1n) is 9.38. The zero-order valence-electron chi connectivity index (χ0n) is 15.1. The lowest BCUT2D eigenvalue weighted by molar-refractivity contribution is -0.142. The number of hydrogen-bond acceptors (Lipinski definition) is 5. The Kier molecular flexibility index (Phi) is 5.36. The van der Waals surface area contributed by atoms with E-state index in [0.29, 0.717) is 50.5 Å². The van der Waals surface area contributed by atoms with Crippen LogP contribution in [-0.4, -0.2) is 72.2 Å². The Bertz CT molecular complexity index is 755. The summed E-state index contributed by atoms with van der Waals surface area (Å²) in [6, 6.07) is 5.48. The third-order valence-electron chi connectivity index (χ3n) is 5.17. The molecule has 0 bridgehead atoms. The monoisotopic (exact) mass is 389 g/mol. The molecule has 1 aromatic rings. The fourth-order valence-electron chi connectivity index (χ4n) is 3.64. The van der Waals surface area contributed by atoms with Crippen LogP contribution >= 0.6 is 11.8 Å². The number of carbonyl (C=O) groups excluding carboxylic acids is 3. The molecule has 2 saturated heterocycles. The molecule has 144 valence electrons. The molecule has 3 amide bonds. The zero-order valence-corrected chi connectivity index (χ0v) is 15.9. The molecule has 0 radical (unpaired) electrons. The predicted molar refractivity (Wildman–Crippen MR) is 102 cm³/mol. The van der Waals surface area contributed by atoms with Gasteiger partial charge in [0.25, 0.3) is 11.8 Å². The second-order valence-electron chi connectivity index (χ2n) is 6.98. The molecule has 0 saturated carbocycles. The van der Waals surface area contributed by atoms with Gasteiger partial charge in [-0.2, -0.15) is 0 Å². The number of benzene rings is 1. The van der Waals surface area contributed by atoms with E-state index in [1.54, 1.807) is 27.6 Å². The first-order chi connectivity index (χ1) is 13.1. The zero-order chi connectivity index (χ0) is 18.8. The molecule has 3 aliphatic rings. The summed E-state index contributed by atoms with van der Waals surface area (Å²) in [6.45, 7) is 2.73. The van der Waals surface area contributed by atoms with Gasteiger partial charge < -0.3 is 19.9 Å². The van der Waals surface area contributed by atoms with Gasteiger partial charge in [0.15, 0.2) is 0 Å². The molecule has 3 heterocycles. The van der Waals surface area contributed by atoms with Crippen LogP contribution in [-0.2, 0) is 14.3 Å². The van der Waals surface area contributed by atoms with Gasteiger partial charge in [-0.1, -0.05) is 0 Å². The first-order valence-corrected chi connectivity index (χ1v) is 10.4. The lowest BCUT2D eigenvalue weighted by Gasteiger charge is -2.35. The Morgan fingerprint density at radius 1 is 1.15 bits per heavy atom. The summed E-state index contributed by atoms with van der Waals surface area (Å²) >= 11 is 1.62. The van der Waals surface area contributed by atoms with Crippen molar-refractivity contribution in [2.75, 3.05) is 43.9 Å². The largest absolute Gasteiger partial charge is 0.368 e. The van der Waals surface area contributed by atoms with Crippen LogP contribution in [0.15, 0.2) is 23.1 Å². The van der Waals surface area contributed by atoms with E-state index in [1.807, 2.05) is 12.1 Å². The van der Waals surface area contributed by atoms with Gasteiger partial charge >= 0.3 is 0 Å². The van der Waals surface area contributed by atoms with E-state index in [4.69, 9.17) is 4.74 Å². The van der Waals surface area contributed by atoms with Crippen LogP contribution in [0.4, 0.5) is 5.69 Å². The van der Waals surface area contributed by atoms with Crippen LogP contribution < -0.4 is 5.32 Å². The summed E-state index contributed by atoms with van der Waals surface area (Å²) < 4.78 is 5.48. The van der Waals surface area contributed by atoms with E-state index >= 15 is 0 Å². The molecule has 0 aliphatic carbocycles. The summed E-state index contributed by atoms with van der Waals surface area (Å²) in [6.07, 6.45) is 1.89. The smallest absolute Gasteiger partial charge is 0.254 e. The number of hydrogen-bond donors (Lipinski definition) is 1. The molecule has 2 fully saturated rings. The highest BCUT2D eigenvalue weighted by Gasteiger charge is 2.31. The minimum Gasteiger partial charge on any atom is -0.368 e. The number of carbonyl (C=O) groups is 3. The molecule has 7 nitrogen and oxygen atoms in total. The fourth-order valence-corrected chi connectivity index (χ4v) is 4.58. The third-order valence-corrected chi connectivity index (χ3v) is 6.25. The minimum absolute atomic E-state index is 0.0212. The SMILES string of the molecule is O=C1CCSc2ccc(C(=O)N3CCN(C(=O)[C@@H]4CCCO4)CC3)cc2N1. The van der Waals surface area contributed by atoms with Crippen LogP contribution in [0, 0.1) is 0 Å². The number of nitrogens with one attached hydrogen (secondary N) is 1. The standard InChI is InChI=1S/C19H23N3O4S/c23-17-5-11-27-16-4-3-13(12-14(16)20-17)18(24)21-6-8-22(9-7-21)19(25)15-2-1-10-26-15/h3-4,12,15H,1-2,5-11H2,(H,20,23)/t15-/m0/s1. The highest BCUT2D eigenvalue weighted by atomic mass is 32.2. The Labute approximate surface area is 162 Å². The summed E-state index contributed by atoms with van der Waals surface area (Å²) in [4.78, 5) is 41.6. The molecule has 8 heteroatoms. The number of rotatable bonds is 2. The Morgan fingerprint density at radius 3 is 2.67 bits per heavy atom. The first kappa shape index (κ1) is 18.3. The highest BCUT2D eigenvalue weighted by molar-refractivity contribution is 7.99. The van der Waals surface area contributed by atoms with Gasteiger partial charge in [0.05, 0.1) is 5.69 Å². The number of nitrogens with zero attached hydrogens (tertiary/aromatic N) is 2. The number of fused-ring (bicyclic) bond motifs is 1. The average molecular weight is 389 g/mol. The average Bonchev–Trinajstić information content (AvgIpc) is 3.16. The molecule has 0 spiro atoms. The molecule has 0 aromatic heterocycles. The molecule has 1 atom stereocenters. The highest BCUT2D eigenvalue weighted by Crippen LogP contribution is 2.31. The molecular formula is C19H23N3O4S. The molecule has 27 heavy (non-hydrogen) atoms. The topological polar surface area (TPSA) is 79.0 Å². The van der Waals surface area contributed by atoms with Crippen molar-refractivity contribution < 1.29 is 19.1 Å². The molecule has 1 N–H and O–H groups in total. The van der Waals surface area contributed by atoms with Gasteiger partial charge in [0, 0.05) is 55.4 Å². The van der Waals surface area contributed by atoms with E-state index in [1.165, 1.54) is 0 Å². The number of piperazine rings is 1. The van der Waals surface area contributed by atoms with Crippen molar-refractivity contribution >= 4 is 35.2 Å². The van der Waals surface area contributed by atoms with Gasteiger partial charge in [-0.05, 0) is 31.0 Å². The summed E-state index contributed by atoms with van der Waals surface area (Å²) in [5.74, 6) is 0.703. The van der Waals surface area contributed by atoms with Crippen molar-refractivity contribution in [3.8, 4) is 0 Å². The second kappa shape index (κ2) is 7.90. The van der Waals surface area contributed by atoms with Crippen LogP contribution in [0.5, 0.6) is 0 Å². The summed E-state index contributed by atoms with van der Waals surface area (Å²) in [5, 5.41) is 2.88. The van der Waals surface area contributed by atoms with Gasteiger partial charge in [-0.25, -0.2) is 0 Å². The number of amides is 3. The maximum atomic E-state index is 12.9. The van der Waals surface area contributed by atoms with Crippen molar-refractivity contribution in [3.05, 3.63) is 23.8 Å². The van der Waals surface area contributed by atoms with Crippen LogP contribution in [0.25, 0.3) is 0 Å². The number of ether oxygens (including phenoxy) is 1. The van der Waals surface area contributed by atoms with Crippen molar-refractivity contribution in [3.63, 3.8) is 0 Å². The number of anilines is 1. The van der Waals surface area contributed by atoms with Crippen molar-refractivity contribution in [2.45, 2.75) is 30.3 Å². The maximum absolute atomic E-state index is 12.9. The van der Waals surface area contributed by atoms with Crippen LogP contribution in [0.2, 0.25) is 0 Å². The predicted octanol–water partition coefficient (Wildman–Crippen LogP) is 1.58. The molecule has 0 unspecified atom stereocenters. The lowest BCUT2D eigenvalue weighted by Crippen LogP contribution is -2.52. The fraction of sp³-hybridized carbons (Fsp3) is 0.526. The van der Waals surface area contributed by atoms with Crippen molar-refractivity contribution in [1.82, 2.24) is 9.80 Å². The lowest BCUT2D eigenvalue weighted by atomic mass is 10.1. The van der Waals surface area contributed by atoms with Crippen LogP contribution in [0.1, 0.15) is 29.6 Å². The summed E-state index contributed by atoms with van der Waals surface area (Å²) in [5.41, 5.74) is 1.27. The normalized spacial score (nSPS) is 22.8. The quantitative estimate of drug-likeness (QED) is 0.831. The van der Waals surface area contributed by atoms with Crippen LogP contribution in [0.3, 0.4) is 0 Å². The molecule has 3 aliphatic heterocycles. The van der Waals surface area contributed by atoms with Gasteiger partial charge in [-0.3, -0.25) is 14.4 Å². The van der Waals surface area contributed by atoms with E-state index in [2.05, 4.69) is 5.32 Å². The number of thioether (sulfide) groups is 1. The van der Waals surface area contributed by atoms with Gasteiger partial charge in [0.2, 0.25) is 5.91 Å². The Balaban J connectivity index is 1.39. The second-order valence-corrected chi connectivity index (χ2v) is 8.11. The molecule has 1 aromatic carbocycles. The van der Waals surface area contributed by atoms with Crippen molar-refractivity contribution in [1.29, 1.82) is 0 Å². The van der Waals surface area contributed by atoms with E-state index < -0.39 is 0 Å².